The van der Waals surface area contributed by atoms with Crippen LogP contribution in [-0.4, -0.2) is 38.3 Å². The number of fused-ring (bicyclic) bond motifs is 1. The van der Waals surface area contributed by atoms with Gasteiger partial charge in [0, 0.05) is 37.7 Å². The van der Waals surface area contributed by atoms with Gasteiger partial charge in [-0.2, -0.15) is 4.31 Å². The lowest BCUT2D eigenvalue weighted by molar-refractivity contribution is -0.116. The Morgan fingerprint density at radius 3 is 2.39 bits per heavy atom. The van der Waals surface area contributed by atoms with Crippen molar-refractivity contribution in [1.29, 1.82) is 0 Å². The number of benzene rings is 1. The average molecular weight is 340 g/mol. The Bertz CT molecular complexity index is 768. The molecule has 0 radical (unpaired) electrons. The van der Waals surface area contributed by atoms with Crippen molar-refractivity contribution < 1.29 is 17.6 Å². The fourth-order valence-corrected chi connectivity index (χ4v) is 5.00. The molecule has 5 nitrogen and oxygen atoms in total. The minimum atomic E-state index is -3.86. The highest BCUT2D eigenvalue weighted by Crippen LogP contribution is 2.43. The highest BCUT2D eigenvalue weighted by atomic mass is 32.2. The summed E-state index contributed by atoms with van der Waals surface area (Å²) in [5.74, 6) is -0.915. The summed E-state index contributed by atoms with van der Waals surface area (Å²) >= 11 is 0. The van der Waals surface area contributed by atoms with Crippen LogP contribution in [0.4, 0.5) is 10.1 Å². The van der Waals surface area contributed by atoms with E-state index in [0.717, 1.165) is 12.8 Å². The van der Waals surface area contributed by atoms with E-state index in [1.807, 2.05) is 13.8 Å². The largest absolute Gasteiger partial charge is 0.311 e. The number of rotatable bonds is 2. The molecule has 2 heterocycles. The second-order valence-corrected chi connectivity index (χ2v) is 8.81. The first-order valence-corrected chi connectivity index (χ1v) is 9.21. The van der Waals surface area contributed by atoms with Gasteiger partial charge in [0.1, 0.15) is 10.7 Å². The maximum absolute atomic E-state index is 14.6. The molecule has 2 aliphatic rings. The van der Waals surface area contributed by atoms with Gasteiger partial charge in [-0.05, 0) is 30.5 Å². The van der Waals surface area contributed by atoms with E-state index in [1.54, 1.807) is 0 Å². The lowest BCUT2D eigenvalue weighted by Gasteiger charge is -2.19. The molecule has 1 aromatic carbocycles. The predicted octanol–water partition coefficient (Wildman–Crippen LogP) is 2.25. The van der Waals surface area contributed by atoms with Gasteiger partial charge in [0.05, 0.1) is 0 Å². The molecule has 7 heteroatoms. The Morgan fingerprint density at radius 2 is 1.83 bits per heavy atom. The first-order valence-electron chi connectivity index (χ1n) is 7.77. The van der Waals surface area contributed by atoms with Crippen molar-refractivity contribution in [3.63, 3.8) is 0 Å². The molecule has 0 N–H and O–H groups in total. The van der Waals surface area contributed by atoms with E-state index in [-0.39, 0.29) is 10.8 Å². The zero-order valence-corrected chi connectivity index (χ0v) is 14.4. The number of halogens is 1. The third-order valence-electron chi connectivity index (χ3n) is 4.69. The maximum atomic E-state index is 14.6. The predicted molar refractivity (Wildman–Crippen MR) is 85.4 cm³/mol. The van der Waals surface area contributed by atoms with E-state index >= 15 is 0 Å². The molecule has 0 aromatic heterocycles. The summed E-state index contributed by atoms with van der Waals surface area (Å²) in [6, 6.07) is 2.61. The molecular weight excluding hydrogens is 319 g/mol. The fourth-order valence-electron chi connectivity index (χ4n) is 3.42. The number of nitrogens with zero attached hydrogens (tertiary/aromatic N) is 2. The molecule has 0 unspecified atom stereocenters. The second-order valence-electron chi connectivity index (χ2n) is 6.90. The van der Waals surface area contributed by atoms with E-state index < -0.39 is 21.3 Å². The minimum Gasteiger partial charge on any atom is -0.311 e. The third kappa shape index (κ3) is 2.55. The number of anilines is 1. The number of carbonyl (C=O) groups is 1. The zero-order valence-electron chi connectivity index (χ0n) is 13.6. The Kier molecular flexibility index (Phi) is 3.76. The summed E-state index contributed by atoms with van der Waals surface area (Å²) in [6.07, 6.45) is 1.58. The number of sulfonamides is 1. The Hall–Kier alpha value is -1.47. The zero-order chi connectivity index (χ0) is 17.0. The van der Waals surface area contributed by atoms with Crippen LogP contribution in [0.2, 0.25) is 0 Å². The van der Waals surface area contributed by atoms with Gasteiger partial charge >= 0.3 is 0 Å². The molecular formula is C16H21FN2O3S. The number of amides is 1. The number of hydrogen-bond acceptors (Lipinski definition) is 3. The van der Waals surface area contributed by atoms with E-state index in [9.17, 15) is 17.6 Å². The van der Waals surface area contributed by atoms with Crippen molar-refractivity contribution in [1.82, 2.24) is 4.31 Å². The Balaban J connectivity index is 2.15. The van der Waals surface area contributed by atoms with E-state index in [4.69, 9.17) is 0 Å². The highest BCUT2D eigenvalue weighted by Gasteiger charge is 2.40. The van der Waals surface area contributed by atoms with Crippen LogP contribution >= 0.6 is 0 Å². The van der Waals surface area contributed by atoms with Gasteiger partial charge in [0.2, 0.25) is 15.9 Å². The monoisotopic (exact) mass is 340 g/mol. The SMILES string of the molecule is CC(=O)N1CC(C)(C)c2cc(F)c(S(=O)(=O)N3CCCC3)cc21. The van der Waals surface area contributed by atoms with Crippen molar-refractivity contribution in [2.75, 3.05) is 24.5 Å². The van der Waals surface area contributed by atoms with Crippen molar-refractivity contribution in [3.05, 3.63) is 23.5 Å². The van der Waals surface area contributed by atoms with Gasteiger partial charge < -0.3 is 4.90 Å². The van der Waals surface area contributed by atoms with Crippen molar-refractivity contribution >= 4 is 21.6 Å². The lowest BCUT2D eigenvalue weighted by atomic mass is 9.87. The van der Waals surface area contributed by atoms with Crippen molar-refractivity contribution in [3.8, 4) is 0 Å². The summed E-state index contributed by atoms with van der Waals surface area (Å²) < 4.78 is 41.2. The molecule has 0 atom stereocenters. The smallest absolute Gasteiger partial charge is 0.246 e. The van der Waals surface area contributed by atoms with Gasteiger partial charge in [0.15, 0.2) is 0 Å². The van der Waals surface area contributed by atoms with E-state index in [2.05, 4.69) is 0 Å². The normalized spacial score (nSPS) is 20.8. The number of hydrogen-bond donors (Lipinski definition) is 0. The van der Waals surface area contributed by atoms with Crippen LogP contribution in [0, 0.1) is 5.82 Å². The maximum Gasteiger partial charge on any atom is 0.246 e. The summed E-state index contributed by atoms with van der Waals surface area (Å²) in [5, 5.41) is 0. The van der Waals surface area contributed by atoms with Crippen LogP contribution in [-0.2, 0) is 20.2 Å². The highest BCUT2D eigenvalue weighted by molar-refractivity contribution is 7.89. The Labute approximate surface area is 136 Å². The van der Waals surface area contributed by atoms with Crippen LogP contribution in [0.1, 0.15) is 39.2 Å². The average Bonchev–Trinajstić information content (AvgIpc) is 3.06. The summed E-state index contributed by atoms with van der Waals surface area (Å²) in [4.78, 5) is 13.1. The van der Waals surface area contributed by atoms with Gasteiger partial charge in [-0.3, -0.25) is 4.79 Å². The van der Waals surface area contributed by atoms with Crippen LogP contribution in [0.15, 0.2) is 17.0 Å². The molecule has 1 amide bonds. The van der Waals surface area contributed by atoms with Crippen LogP contribution in [0.5, 0.6) is 0 Å². The molecule has 3 rings (SSSR count). The van der Waals surface area contributed by atoms with Crippen LogP contribution in [0.3, 0.4) is 0 Å². The first kappa shape index (κ1) is 16.4. The molecule has 1 aromatic rings. The molecule has 0 saturated carbocycles. The quantitative estimate of drug-likeness (QED) is 0.830. The lowest BCUT2D eigenvalue weighted by Crippen LogP contribution is -2.32. The van der Waals surface area contributed by atoms with Gasteiger partial charge in [0.25, 0.3) is 0 Å². The second kappa shape index (κ2) is 5.27. The standard InChI is InChI=1S/C16H21FN2O3S/c1-11(20)19-10-16(2,3)12-8-13(17)15(9-14(12)19)23(21,22)18-6-4-5-7-18/h8-9H,4-7,10H2,1-3H3. The summed E-state index contributed by atoms with van der Waals surface area (Å²) in [7, 11) is -3.86. The topological polar surface area (TPSA) is 57.7 Å². The van der Waals surface area contributed by atoms with Crippen LogP contribution in [0.25, 0.3) is 0 Å². The summed E-state index contributed by atoms with van der Waals surface area (Å²) in [5.41, 5.74) is 0.768. The molecule has 0 aliphatic carbocycles. The minimum absolute atomic E-state index is 0.173. The molecule has 2 aliphatic heterocycles. The summed E-state index contributed by atoms with van der Waals surface area (Å²) in [6.45, 7) is 6.53. The van der Waals surface area contributed by atoms with Gasteiger partial charge in [-0.1, -0.05) is 13.8 Å². The first-order chi connectivity index (χ1) is 10.6. The fraction of sp³-hybridized carbons (Fsp3) is 0.562. The van der Waals surface area contributed by atoms with Gasteiger partial charge in [-0.25, -0.2) is 12.8 Å². The molecule has 1 saturated heterocycles. The molecule has 0 spiro atoms. The Morgan fingerprint density at radius 1 is 1.22 bits per heavy atom. The van der Waals surface area contributed by atoms with Crippen LogP contribution < -0.4 is 4.90 Å². The third-order valence-corrected chi connectivity index (χ3v) is 6.60. The van der Waals surface area contributed by atoms with Gasteiger partial charge in [-0.15, -0.1) is 0 Å². The van der Waals surface area contributed by atoms with Crippen molar-refractivity contribution in [2.24, 2.45) is 0 Å². The molecule has 0 bridgehead atoms. The molecule has 1 fully saturated rings. The van der Waals surface area contributed by atoms with Crippen molar-refractivity contribution in [2.45, 2.75) is 43.9 Å². The molecule has 126 valence electrons. The number of carbonyl (C=O) groups excluding carboxylic acids is 1. The van der Waals surface area contributed by atoms with E-state index in [0.29, 0.717) is 30.9 Å². The van der Waals surface area contributed by atoms with E-state index in [1.165, 1.54) is 28.3 Å². The molecule has 23 heavy (non-hydrogen) atoms.